The van der Waals surface area contributed by atoms with Gasteiger partial charge in [0.1, 0.15) is 6.33 Å². The lowest BCUT2D eigenvalue weighted by Gasteiger charge is -1.99. The van der Waals surface area contributed by atoms with Gasteiger partial charge in [-0.3, -0.25) is 4.79 Å². The number of hydrogen-bond acceptors (Lipinski definition) is 1. The van der Waals surface area contributed by atoms with Crippen molar-refractivity contribution < 1.29 is 26.7 Å². The van der Waals surface area contributed by atoms with Gasteiger partial charge in [-0.05, 0) is 0 Å². The van der Waals surface area contributed by atoms with Crippen molar-refractivity contribution in [3.63, 3.8) is 0 Å². The van der Waals surface area contributed by atoms with Crippen molar-refractivity contribution in [1.29, 1.82) is 0 Å². The van der Waals surface area contributed by atoms with Gasteiger partial charge in [0.15, 0.2) is 0 Å². The van der Waals surface area contributed by atoms with E-state index in [1.165, 1.54) is 0 Å². The molecule has 0 amide bonds. The Hall–Kier alpha value is -0.940. The minimum absolute atomic E-state index is 1.03. The maximum absolute atomic E-state index is 11.4. The summed E-state index contributed by atoms with van der Waals surface area (Å²) in [6, 6.07) is 0. The van der Waals surface area contributed by atoms with E-state index in [9.17, 15) is 26.7 Å². The van der Waals surface area contributed by atoms with Crippen molar-refractivity contribution in [2.75, 3.05) is 0 Å². The van der Waals surface area contributed by atoms with Crippen LogP contribution in [-0.2, 0) is 4.79 Å². The summed E-state index contributed by atoms with van der Waals surface area (Å²) in [6.07, 6.45) is -6.37. The van der Waals surface area contributed by atoms with Crippen LogP contribution in [0.15, 0.2) is 12.2 Å². The van der Waals surface area contributed by atoms with Crippen LogP contribution in [0.1, 0.15) is 0 Å². The number of carbonyl (C=O) groups excluding carboxylic acids is 1. The maximum atomic E-state index is 11.4. The summed E-state index contributed by atoms with van der Waals surface area (Å²) in [7, 11) is 0. The first-order valence-corrected chi connectivity index (χ1v) is 1.97. The lowest BCUT2D eigenvalue weighted by molar-refractivity contribution is -0.168. The van der Waals surface area contributed by atoms with E-state index in [1.54, 1.807) is 0 Å². The molecule has 1 nitrogen and oxygen atoms in total. The monoisotopic (exact) mass is 160 g/mol. The third kappa shape index (κ3) is 2.12. The van der Waals surface area contributed by atoms with Crippen LogP contribution in [0.5, 0.6) is 0 Å². The molecule has 0 aliphatic rings. The van der Waals surface area contributed by atoms with Crippen molar-refractivity contribution in [3.05, 3.63) is 12.2 Å². The highest BCUT2D eigenvalue weighted by atomic mass is 19.4. The molecule has 0 bridgehead atoms. The third-order valence-electron chi connectivity index (χ3n) is 0.570. The number of allylic oxidation sites excluding steroid dienone is 1. The van der Waals surface area contributed by atoms with Crippen LogP contribution in [0.2, 0.25) is 0 Å². The van der Waals surface area contributed by atoms with E-state index in [4.69, 9.17) is 0 Å². The zero-order valence-corrected chi connectivity index (χ0v) is 4.38. The number of rotatable bonds is 1. The summed E-state index contributed by atoms with van der Waals surface area (Å²) in [5.41, 5.74) is 0. The van der Waals surface area contributed by atoms with E-state index in [1.807, 2.05) is 0 Å². The van der Waals surface area contributed by atoms with Gasteiger partial charge in [0.05, 0.1) is 0 Å². The average Bonchev–Trinajstić information content (AvgIpc) is 1.83. The first kappa shape index (κ1) is 9.06. The molecule has 0 rings (SSSR count). The summed E-state index contributed by atoms with van der Waals surface area (Å²) in [4.78, 5) is 9.59. The molecule has 0 fully saturated rings. The number of alkyl halides is 3. The molecule has 0 aliphatic carbocycles. The lowest BCUT2D eigenvalue weighted by atomic mass is 10.3. The summed E-state index contributed by atoms with van der Waals surface area (Å²) < 4.78 is 55.6. The standard InChI is InChI=1S/C4HF5O/c5-1-2(6)3(10)4(7,8)9/h1H. The molecule has 0 aliphatic heterocycles. The molecule has 0 aromatic carbocycles. The maximum Gasteiger partial charge on any atom is 0.457 e. The van der Waals surface area contributed by atoms with Gasteiger partial charge in [-0.15, -0.1) is 0 Å². The van der Waals surface area contributed by atoms with Gasteiger partial charge in [0.25, 0.3) is 5.78 Å². The minimum atomic E-state index is -5.34. The average molecular weight is 160 g/mol. The Morgan fingerprint density at radius 3 is 1.80 bits per heavy atom. The fourth-order valence-electron chi connectivity index (χ4n) is 0.185. The Morgan fingerprint density at radius 2 is 1.70 bits per heavy atom. The van der Waals surface area contributed by atoms with Crippen molar-refractivity contribution in [2.45, 2.75) is 6.18 Å². The molecule has 0 saturated heterocycles. The van der Waals surface area contributed by atoms with E-state index in [2.05, 4.69) is 0 Å². The van der Waals surface area contributed by atoms with Crippen LogP contribution in [0.25, 0.3) is 0 Å². The molecule has 0 atom stereocenters. The molecular weight excluding hydrogens is 159 g/mol. The van der Waals surface area contributed by atoms with E-state index >= 15 is 0 Å². The van der Waals surface area contributed by atoms with Crippen LogP contribution in [0, 0.1) is 0 Å². The first-order valence-electron chi connectivity index (χ1n) is 1.97. The zero-order valence-electron chi connectivity index (χ0n) is 4.38. The fraction of sp³-hybridized carbons (Fsp3) is 0.250. The van der Waals surface area contributed by atoms with E-state index in [-0.39, 0.29) is 0 Å². The molecule has 0 spiro atoms. The molecule has 0 N–H and O–H groups in total. The highest BCUT2D eigenvalue weighted by Gasteiger charge is 2.41. The number of halogens is 5. The summed E-state index contributed by atoms with van der Waals surface area (Å²) >= 11 is 0. The SMILES string of the molecule is O=C(C(F)=CF)C(F)(F)F. The van der Waals surface area contributed by atoms with Gasteiger partial charge >= 0.3 is 6.18 Å². The number of carbonyl (C=O) groups is 1. The molecule has 0 aromatic rings. The van der Waals surface area contributed by atoms with Gasteiger partial charge in [-0.25, -0.2) is 8.78 Å². The smallest absolute Gasteiger partial charge is 0.281 e. The third-order valence-corrected chi connectivity index (χ3v) is 0.570. The minimum Gasteiger partial charge on any atom is -0.281 e. The predicted octanol–water partition coefficient (Wildman–Crippen LogP) is 1.90. The fourth-order valence-corrected chi connectivity index (χ4v) is 0.185. The number of Topliss-reactive ketones (excluding diaryl/α,β-unsaturated/α-hetero) is 1. The Bertz CT molecular complexity index is 167. The Labute approximate surface area is 52.1 Å². The second kappa shape index (κ2) is 2.76. The Morgan fingerprint density at radius 1 is 1.30 bits per heavy atom. The predicted molar refractivity (Wildman–Crippen MR) is 21.4 cm³/mol. The van der Waals surface area contributed by atoms with Crippen LogP contribution in [0.3, 0.4) is 0 Å². The Kier molecular flexibility index (Phi) is 2.50. The molecule has 0 aromatic heterocycles. The van der Waals surface area contributed by atoms with Gasteiger partial charge < -0.3 is 0 Å². The van der Waals surface area contributed by atoms with Gasteiger partial charge in [-0.1, -0.05) is 0 Å². The van der Waals surface area contributed by atoms with Crippen LogP contribution in [-0.4, -0.2) is 12.0 Å². The van der Waals surface area contributed by atoms with Crippen molar-refractivity contribution >= 4 is 5.78 Å². The lowest BCUT2D eigenvalue weighted by Crippen LogP contribution is -2.22. The number of hydrogen-bond donors (Lipinski definition) is 0. The molecular formula is C4HF5O. The topological polar surface area (TPSA) is 17.1 Å². The molecule has 58 valence electrons. The molecule has 0 radical (unpaired) electrons. The van der Waals surface area contributed by atoms with Crippen LogP contribution < -0.4 is 0 Å². The normalized spacial score (nSPS) is 13.5. The molecule has 0 heterocycles. The van der Waals surface area contributed by atoms with Crippen molar-refractivity contribution in [1.82, 2.24) is 0 Å². The second-order valence-corrected chi connectivity index (χ2v) is 1.28. The van der Waals surface area contributed by atoms with Crippen LogP contribution >= 0.6 is 0 Å². The molecule has 0 saturated carbocycles. The van der Waals surface area contributed by atoms with Crippen molar-refractivity contribution in [2.24, 2.45) is 0 Å². The second-order valence-electron chi connectivity index (χ2n) is 1.28. The van der Waals surface area contributed by atoms with E-state index in [0.717, 1.165) is 0 Å². The first-order chi connectivity index (χ1) is 4.39. The quantitative estimate of drug-likeness (QED) is 0.422. The van der Waals surface area contributed by atoms with Crippen molar-refractivity contribution in [3.8, 4) is 0 Å². The molecule has 10 heavy (non-hydrogen) atoms. The van der Waals surface area contributed by atoms with Crippen LogP contribution in [0.4, 0.5) is 22.0 Å². The number of ketones is 1. The summed E-state index contributed by atoms with van der Waals surface area (Å²) in [6.45, 7) is 0. The summed E-state index contributed by atoms with van der Waals surface area (Å²) in [5.74, 6) is -5.25. The zero-order chi connectivity index (χ0) is 8.36. The van der Waals surface area contributed by atoms with Gasteiger partial charge in [-0.2, -0.15) is 13.2 Å². The van der Waals surface area contributed by atoms with E-state index < -0.39 is 24.1 Å². The van der Waals surface area contributed by atoms with E-state index in [0.29, 0.717) is 0 Å². The molecule has 0 unspecified atom stereocenters. The van der Waals surface area contributed by atoms with Gasteiger partial charge in [0, 0.05) is 0 Å². The van der Waals surface area contributed by atoms with Gasteiger partial charge in [0.2, 0.25) is 5.83 Å². The summed E-state index contributed by atoms with van der Waals surface area (Å²) in [5, 5.41) is 0. The Balaban J connectivity index is 4.39. The highest BCUT2D eigenvalue weighted by Crippen LogP contribution is 2.20. The highest BCUT2D eigenvalue weighted by molar-refractivity contribution is 5.97. The largest absolute Gasteiger partial charge is 0.457 e. The molecule has 6 heteroatoms.